The summed E-state index contributed by atoms with van der Waals surface area (Å²) in [5.74, 6) is 1.60. The molecule has 2 rings (SSSR count). The Bertz CT molecular complexity index is 706. The van der Waals surface area contributed by atoms with Gasteiger partial charge in [0.1, 0.15) is 5.75 Å². The quantitative estimate of drug-likeness (QED) is 0.581. The molecule has 0 spiro atoms. The molecule has 0 amide bonds. The van der Waals surface area contributed by atoms with Gasteiger partial charge in [0.25, 0.3) is 0 Å². The Balaban J connectivity index is 2.31. The first kappa shape index (κ1) is 16.4. The fraction of sp³-hybridized carbons (Fsp3) is 0.188. The number of benzene rings is 1. The summed E-state index contributed by atoms with van der Waals surface area (Å²) < 4.78 is 16.4. The SMILES string of the molecule is COc1cc(OC)c(OC)cc1/C=C/C(=O)c1ccc(Cl)s1. The molecule has 1 aromatic carbocycles. The van der Waals surface area contributed by atoms with E-state index in [9.17, 15) is 4.79 Å². The van der Waals surface area contributed by atoms with Gasteiger partial charge in [-0.2, -0.15) is 0 Å². The van der Waals surface area contributed by atoms with Crippen molar-refractivity contribution in [2.75, 3.05) is 21.3 Å². The fourth-order valence-corrected chi connectivity index (χ4v) is 2.84. The number of thiophene rings is 1. The molecule has 0 aliphatic carbocycles. The van der Waals surface area contributed by atoms with Gasteiger partial charge in [0.05, 0.1) is 30.5 Å². The number of hydrogen-bond acceptors (Lipinski definition) is 5. The van der Waals surface area contributed by atoms with E-state index in [4.69, 9.17) is 25.8 Å². The van der Waals surface area contributed by atoms with Crippen molar-refractivity contribution >= 4 is 34.8 Å². The van der Waals surface area contributed by atoms with Crippen LogP contribution in [0.5, 0.6) is 17.2 Å². The highest BCUT2D eigenvalue weighted by Gasteiger charge is 2.11. The van der Waals surface area contributed by atoms with E-state index in [0.29, 0.717) is 26.5 Å². The minimum atomic E-state index is -0.117. The molecule has 6 heteroatoms. The van der Waals surface area contributed by atoms with Crippen molar-refractivity contribution in [1.29, 1.82) is 0 Å². The molecule has 0 aliphatic rings. The van der Waals surface area contributed by atoms with Gasteiger partial charge < -0.3 is 14.2 Å². The molecule has 0 radical (unpaired) electrons. The van der Waals surface area contributed by atoms with Crippen molar-refractivity contribution in [3.63, 3.8) is 0 Å². The number of carbonyl (C=O) groups excluding carboxylic acids is 1. The minimum Gasteiger partial charge on any atom is -0.496 e. The van der Waals surface area contributed by atoms with Gasteiger partial charge in [0, 0.05) is 11.6 Å². The number of methoxy groups -OCH3 is 3. The van der Waals surface area contributed by atoms with Gasteiger partial charge in [-0.15, -0.1) is 11.3 Å². The van der Waals surface area contributed by atoms with Crippen LogP contribution in [-0.2, 0) is 0 Å². The molecule has 116 valence electrons. The zero-order chi connectivity index (χ0) is 16.1. The largest absolute Gasteiger partial charge is 0.496 e. The predicted octanol–water partition coefficient (Wildman–Crippen LogP) is 4.32. The van der Waals surface area contributed by atoms with Crippen LogP contribution >= 0.6 is 22.9 Å². The van der Waals surface area contributed by atoms with Gasteiger partial charge >= 0.3 is 0 Å². The third kappa shape index (κ3) is 3.61. The van der Waals surface area contributed by atoms with E-state index in [1.807, 2.05) is 0 Å². The number of allylic oxidation sites excluding steroid dienone is 1. The summed E-state index contributed by atoms with van der Waals surface area (Å²) in [6.45, 7) is 0. The van der Waals surface area contributed by atoms with E-state index >= 15 is 0 Å². The minimum absolute atomic E-state index is 0.117. The summed E-state index contributed by atoms with van der Waals surface area (Å²) >= 11 is 7.08. The molecule has 0 saturated heterocycles. The number of ether oxygens (including phenoxy) is 3. The third-order valence-electron chi connectivity index (χ3n) is 2.97. The first-order valence-corrected chi connectivity index (χ1v) is 7.56. The van der Waals surface area contributed by atoms with Gasteiger partial charge in [-0.3, -0.25) is 4.79 Å². The number of ketones is 1. The van der Waals surface area contributed by atoms with Crippen LogP contribution in [0.1, 0.15) is 15.2 Å². The smallest absolute Gasteiger partial charge is 0.195 e. The van der Waals surface area contributed by atoms with E-state index in [0.717, 1.165) is 5.56 Å². The summed E-state index contributed by atoms with van der Waals surface area (Å²) in [5, 5.41) is 0. The molecule has 2 aromatic rings. The van der Waals surface area contributed by atoms with Crippen LogP contribution in [0.3, 0.4) is 0 Å². The average Bonchev–Trinajstić information content (AvgIpc) is 2.98. The zero-order valence-corrected chi connectivity index (χ0v) is 14.0. The van der Waals surface area contributed by atoms with Crippen LogP contribution in [0.2, 0.25) is 4.34 Å². The highest BCUT2D eigenvalue weighted by atomic mass is 35.5. The maximum atomic E-state index is 12.1. The van der Waals surface area contributed by atoms with Crippen LogP contribution in [0.25, 0.3) is 6.08 Å². The fourth-order valence-electron chi connectivity index (χ4n) is 1.88. The van der Waals surface area contributed by atoms with E-state index in [2.05, 4.69) is 0 Å². The Kier molecular flexibility index (Phi) is 5.46. The molecule has 0 atom stereocenters. The van der Waals surface area contributed by atoms with Crippen molar-refractivity contribution in [3.8, 4) is 17.2 Å². The topological polar surface area (TPSA) is 44.8 Å². The van der Waals surface area contributed by atoms with Crippen molar-refractivity contribution in [2.24, 2.45) is 0 Å². The average molecular weight is 339 g/mol. The van der Waals surface area contributed by atoms with E-state index in [1.165, 1.54) is 17.4 Å². The van der Waals surface area contributed by atoms with Crippen molar-refractivity contribution < 1.29 is 19.0 Å². The summed E-state index contributed by atoms with van der Waals surface area (Å²) in [6, 6.07) is 6.86. The summed E-state index contributed by atoms with van der Waals surface area (Å²) in [4.78, 5) is 12.7. The molecular weight excluding hydrogens is 324 g/mol. The number of hydrogen-bond donors (Lipinski definition) is 0. The molecule has 0 saturated carbocycles. The molecule has 1 heterocycles. The number of carbonyl (C=O) groups is 1. The van der Waals surface area contributed by atoms with Crippen molar-refractivity contribution in [3.05, 3.63) is 45.1 Å². The van der Waals surface area contributed by atoms with Gasteiger partial charge in [-0.05, 0) is 30.4 Å². The Morgan fingerprint density at radius 3 is 2.23 bits per heavy atom. The maximum absolute atomic E-state index is 12.1. The lowest BCUT2D eigenvalue weighted by atomic mass is 10.1. The molecule has 0 N–H and O–H groups in total. The molecule has 1 aromatic heterocycles. The second-order valence-electron chi connectivity index (χ2n) is 4.25. The van der Waals surface area contributed by atoms with Crippen molar-refractivity contribution in [2.45, 2.75) is 0 Å². The molecule has 0 bridgehead atoms. The van der Waals surface area contributed by atoms with E-state index in [-0.39, 0.29) is 5.78 Å². The molecule has 4 nitrogen and oxygen atoms in total. The second-order valence-corrected chi connectivity index (χ2v) is 5.97. The Morgan fingerprint density at radius 2 is 1.68 bits per heavy atom. The zero-order valence-electron chi connectivity index (χ0n) is 12.4. The Hall–Kier alpha value is -1.98. The molecule has 0 fully saturated rings. The first-order chi connectivity index (χ1) is 10.6. The summed E-state index contributed by atoms with van der Waals surface area (Å²) in [6.07, 6.45) is 3.16. The highest BCUT2D eigenvalue weighted by Crippen LogP contribution is 2.35. The van der Waals surface area contributed by atoms with Crippen LogP contribution < -0.4 is 14.2 Å². The lowest BCUT2D eigenvalue weighted by Gasteiger charge is -2.12. The molecule has 0 unspecified atom stereocenters. The van der Waals surface area contributed by atoms with Gasteiger partial charge in [-0.1, -0.05) is 11.6 Å². The summed E-state index contributed by atoms with van der Waals surface area (Å²) in [5.41, 5.74) is 0.719. The maximum Gasteiger partial charge on any atom is 0.195 e. The van der Waals surface area contributed by atoms with Crippen LogP contribution in [0.15, 0.2) is 30.3 Å². The van der Waals surface area contributed by atoms with Crippen LogP contribution in [0.4, 0.5) is 0 Å². The van der Waals surface area contributed by atoms with E-state index < -0.39 is 0 Å². The molecule has 22 heavy (non-hydrogen) atoms. The first-order valence-electron chi connectivity index (χ1n) is 6.36. The summed E-state index contributed by atoms with van der Waals surface area (Å²) in [7, 11) is 4.66. The van der Waals surface area contributed by atoms with Gasteiger partial charge in [-0.25, -0.2) is 0 Å². The Labute approximate surface area is 137 Å². The van der Waals surface area contributed by atoms with Crippen molar-refractivity contribution in [1.82, 2.24) is 0 Å². The molecule has 0 aliphatic heterocycles. The van der Waals surface area contributed by atoms with Gasteiger partial charge in [0.2, 0.25) is 0 Å². The standard InChI is InChI=1S/C16H15ClO4S/c1-19-12-9-14(21-3)13(20-2)8-10(12)4-5-11(18)15-6-7-16(17)22-15/h4-9H,1-3H3/b5-4+. The lowest BCUT2D eigenvalue weighted by Crippen LogP contribution is -1.95. The van der Waals surface area contributed by atoms with Crippen LogP contribution in [0, 0.1) is 0 Å². The van der Waals surface area contributed by atoms with E-state index in [1.54, 1.807) is 51.7 Å². The monoisotopic (exact) mass is 338 g/mol. The normalized spacial score (nSPS) is 10.7. The Morgan fingerprint density at radius 1 is 1.05 bits per heavy atom. The van der Waals surface area contributed by atoms with Gasteiger partial charge in [0.15, 0.2) is 17.3 Å². The highest BCUT2D eigenvalue weighted by molar-refractivity contribution is 7.18. The third-order valence-corrected chi connectivity index (χ3v) is 4.21. The molecular formula is C16H15ClO4S. The van der Waals surface area contributed by atoms with Crippen LogP contribution in [-0.4, -0.2) is 27.1 Å². The lowest BCUT2D eigenvalue weighted by molar-refractivity contribution is 0.105. The second kappa shape index (κ2) is 7.33. The number of halogens is 1. The number of rotatable bonds is 6. The predicted molar refractivity (Wildman–Crippen MR) is 88.8 cm³/mol.